The van der Waals surface area contributed by atoms with Crippen molar-refractivity contribution in [1.82, 2.24) is 9.80 Å². The van der Waals surface area contributed by atoms with Gasteiger partial charge in [0.05, 0.1) is 6.54 Å². The monoisotopic (exact) mass is 377 g/mol. The molecule has 0 atom stereocenters. The van der Waals surface area contributed by atoms with Crippen molar-refractivity contribution in [2.75, 3.05) is 44.2 Å². The molecule has 2 aromatic rings. The molecule has 0 radical (unpaired) electrons. The summed E-state index contributed by atoms with van der Waals surface area (Å²) in [4.78, 5) is 30.8. The first-order valence-electron chi connectivity index (χ1n) is 10.0. The number of ketones is 1. The fraction of sp³-hybridized carbons (Fsp3) is 0.391. The molecular weight excluding hydrogens is 350 g/mol. The zero-order valence-corrected chi connectivity index (χ0v) is 16.4. The largest absolute Gasteiger partial charge is 0.369 e. The molecule has 5 heteroatoms. The Balaban J connectivity index is 1.28. The molecule has 2 aliphatic heterocycles. The first kappa shape index (κ1) is 18.7. The quantitative estimate of drug-likeness (QED) is 0.769. The summed E-state index contributed by atoms with van der Waals surface area (Å²) in [6.45, 7) is 7.20. The van der Waals surface area contributed by atoms with Crippen LogP contribution in [0, 0.1) is 0 Å². The van der Waals surface area contributed by atoms with Gasteiger partial charge in [-0.05, 0) is 48.7 Å². The molecule has 0 unspecified atom stereocenters. The Morgan fingerprint density at radius 1 is 0.857 bits per heavy atom. The van der Waals surface area contributed by atoms with Gasteiger partial charge >= 0.3 is 0 Å². The molecule has 0 bridgehead atoms. The van der Waals surface area contributed by atoms with Crippen molar-refractivity contribution >= 4 is 17.4 Å². The minimum atomic E-state index is 0.0928. The molecule has 1 amide bonds. The molecule has 0 aliphatic carbocycles. The van der Waals surface area contributed by atoms with Gasteiger partial charge in [-0.2, -0.15) is 0 Å². The van der Waals surface area contributed by atoms with Gasteiger partial charge in [-0.3, -0.25) is 14.5 Å². The Morgan fingerprint density at radius 3 is 2.21 bits per heavy atom. The summed E-state index contributed by atoms with van der Waals surface area (Å²) in [5.41, 5.74) is 4.54. The number of piperazine rings is 1. The maximum Gasteiger partial charge on any atom is 0.237 e. The molecule has 1 fully saturated rings. The summed E-state index contributed by atoms with van der Waals surface area (Å²) < 4.78 is 0. The highest BCUT2D eigenvalue weighted by molar-refractivity contribution is 5.94. The van der Waals surface area contributed by atoms with Gasteiger partial charge in [-0.15, -0.1) is 0 Å². The van der Waals surface area contributed by atoms with E-state index in [1.165, 1.54) is 11.1 Å². The average molecular weight is 377 g/mol. The van der Waals surface area contributed by atoms with Gasteiger partial charge in [0.15, 0.2) is 5.78 Å². The number of fused-ring (bicyclic) bond motifs is 1. The van der Waals surface area contributed by atoms with E-state index in [9.17, 15) is 9.59 Å². The van der Waals surface area contributed by atoms with Crippen molar-refractivity contribution in [2.45, 2.75) is 19.9 Å². The molecule has 0 spiro atoms. The smallest absolute Gasteiger partial charge is 0.237 e. The Labute approximate surface area is 166 Å². The lowest BCUT2D eigenvalue weighted by molar-refractivity contribution is -0.133. The van der Waals surface area contributed by atoms with E-state index in [4.69, 9.17) is 0 Å². The van der Waals surface area contributed by atoms with Crippen molar-refractivity contribution in [1.29, 1.82) is 0 Å². The van der Waals surface area contributed by atoms with E-state index in [-0.39, 0.29) is 11.7 Å². The molecule has 2 aromatic carbocycles. The van der Waals surface area contributed by atoms with E-state index in [1.54, 1.807) is 6.92 Å². The topological polar surface area (TPSA) is 43.9 Å². The number of amides is 1. The van der Waals surface area contributed by atoms with Crippen molar-refractivity contribution in [3.05, 3.63) is 65.2 Å². The van der Waals surface area contributed by atoms with E-state index in [1.807, 2.05) is 29.2 Å². The SMILES string of the molecule is CC(=O)c1ccc(N2CCN(CC(=O)N3CCc4ccccc4C3)CC2)cc1. The highest BCUT2D eigenvalue weighted by atomic mass is 16.2. The second-order valence-electron chi connectivity index (χ2n) is 7.70. The van der Waals surface area contributed by atoms with Crippen molar-refractivity contribution < 1.29 is 9.59 Å². The molecule has 5 nitrogen and oxygen atoms in total. The molecule has 2 aliphatic rings. The summed E-state index contributed by atoms with van der Waals surface area (Å²) in [7, 11) is 0. The fourth-order valence-electron chi connectivity index (χ4n) is 4.07. The molecule has 146 valence electrons. The lowest BCUT2D eigenvalue weighted by Crippen LogP contribution is -2.50. The van der Waals surface area contributed by atoms with E-state index >= 15 is 0 Å². The standard InChI is InChI=1S/C23H27N3O2/c1-18(27)19-6-8-22(9-7-19)25-14-12-24(13-15-25)17-23(28)26-11-10-20-4-2-3-5-21(20)16-26/h2-9H,10-17H2,1H3. The highest BCUT2D eigenvalue weighted by Crippen LogP contribution is 2.20. The Bertz CT molecular complexity index is 854. The minimum absolute atomic E-state index is 0.0928. The lowest BCUT2D eigenvalue weighted by Gasteiger charge is -2.37. The zero-order valence-electron chi connectivity index (χ0n) is 16.4. The van der Waals surface area contributed by atoms with Gasteiger partial charge in [0.2, 0.25) is 5.91 Å². The zero-order chi connectivity index (χ0) is 19.5. The minimum Gasteiger partial charge on any atom is -0.369 e. The van der Waals surface area contributed by atoms with Crippen LogP contribution in [0.5, 0.6) is 0 Å². The summed E-state index contributed by atoms with van der Waals surface area (Å²) in [5, 5.41) is 0. The molecule has 0 saturated carbocycles. The molecule has 0 N–H and O–H groups in total. The molecular formula is C23H27N3O2. The summed E-state index contributed by atoms with van der Waals surface area (Å²) in [6.07, 6.45) is 0.950. The molecule has 2 heterocycles. The number of anilines is 1. The third kappa shape index (κ3) is 4.09. The van der Waals surface area contributed by atoms with Crippen molar-refractivity contribution in [3.63, 3.8) is 0 Å². The summed E-state index contributed by atoms with van der Waals surface area (Å²) in [6, 6.07) is 16.2. The van der Waals surface area contributed by atoms with E-state index < -0.39 is 0 Å². The van der Waals surface area contributed by atoms with Crippen LogP contribution in [0.15, 0.2) is 48.5 Å². The maximum absolute atomic E-state index is 12.8. The normalized spacial score (nSPS) is 17.3. The van der Waals surface area contributed by atoms with E-state index in [2.05, 4.69) is 34.1 Å². The first-order chi connectivity index (χ1) is 13.6. The van der Waals surface area contributed by atoms with Crippen LogP contribution in [0.25, 0.3) is 0 Å². The number of hydrogen-bond acceptors (Lipinski definition) is 4. The number of carbonyl (C=O) groups is 2. The van der Waals surface area contributed by atoms with Gasteiger partial charge < -0.3 is 9.80 Å². The fourth-order valence-corrected chi connectivity index (χ4v) is 4.07. The first-order valence-corrected chi connectivity index (χ1v) is 10.0. The van der Waals surface area contributed by atoms with Crippen LogP contribution in [-0.4, -0.2) is 60.8 Å². The van der Waals surface area contributed by atoms with Crippen molar-refractivity contribution in [2.24, 2.45) is 0 Å². The van der Waals surface area contributed by atoms with Crippen LogP contribution in [0.2, 0.25) is 0 Å². The van der Waals surface area contributed by atoms with Crippen LogP contribution >= 0.6 is 0 Å². The molecule has 0 aromatic heterocycles. The van der Waals surface area contributed by atoms with Crippen LogP contribution in [0.3, 0.4) is 0 Å². The van der Waals surface area contributed by atoms with Crippen LogP contribution in [-0.2, 0) is 17.8 Å². The average Bonchev–Trinajstić information content (AvgIpc) is 2.74. The number of carbonyl (C=O) groups excluding carboxylic acids is 2. The van der Waals surface area contributed by atoms with Crippen LogP contribution in [0.1, 0.15) is 28.4 Å². The second-order valence-corrected chi connectivity index (χ2v) is 7.70. The number of nitrogens with zero attached hydrogens (tertiary/aromatic N) is 3. The molecule has 4 rings (SSSR count). The Morgan fingerprint density at radius 2 is 1.54 bits per heavy atom. The maximum atomic E-state index is 12.8. The number of Topliss-reactive ketones (excluding diaryl/α,β-unsaturated/α-hetero) is 1. The van der Waals surface area contributed by atoms with E-state index in [0.717, 1.165) is 56.9 Å². The summed E-state index contributed by atoms with van der Waals surface area (Å²) in [5.74, 6) is 0.323. The number of rotatable bonds is 4. The van der Waals surface area contributed by atoms with E-state index in [0.29, 0.717) is 6.54 Å². The summed E-state index contributed by atoms with van der Waals surface area (Å²) >= 11 is 0. The van der Waals surface area contributed by atoms with Gasteiger partial charge in [-0.25, -0.2) is 0 Å². The predicted octanol–water partition coefficient (Wildman–Crippen LogP) is 2.60. The van der Waals surface area contributed by atoms with Gasteiger partial charge in [0, 0.05) is 50.5 Å². The second kappa shape index (κ2) is 8.15. The van der Waals surface area contributed by atoms with Gasteiger partial charge in [0.25, 0.3) is 0 Å². The van der Waals surface area contributed by atoms with Gasteiger partial charge in [0.1, 0.15) is 0 Å². The lowest BCUT2D eigenvalue weighted by atomic mass is 10.00. The predicted molar refractivity (Wildman–Crippen MR) is 111 cm³/mol. The van der Waals surface area contributed by atoms with Crippen molar-refractivity contribution in [3.8, 4) is 0 Å². The Kier molecular flexibility index (Phi) is 5.44. The third-order valence-electron chi connectivity index (χ3n) is 5.85. The van der Waals surface area contributed by atoms with Crippen LogP contribution in [0.4, 0.5) is 5.69 Å². The number of hydrogen-bond donors (Lipinski definition) is 0. The molecule has 28 heavy (non-hydrogen) atoms. The Hall–Kier alpha value is -2.66. The highest BCUT2D eigenvalue weighted by Gasteiger charge is 2.24. The van der Waals surface area contributed by atoms with Crippen LogP contribution < -0.4 is 4.90 Å². The molecule has 1 saturated heterocycles. The number of benzene rings is 2. The third-order valence-corrected chi connectivity index (χ3v) is 5.85. The van der Waals surface area contributed by atoms with Gasteiger partial charge in [-0.1, -0.05) is 24.3 Å².